The molecular weight excluding hydrogens is 254 g/mol. The average Bonchev–Trinajstić information content (AvgIpc) is 3.01. The molecule has 0 amide bonds. The first-order valence-electron chi connectivity index (χ1n) is 5.29. The summed E-state index contributed by atoms with van der Waals surface area (Å²) in [6.07, 6.45) is 3.80. The zero-order valence-electron chi connectivity index (χ0n) is 8.87. The molecule has 1 aromatic carbocycles. The molecule has 1 atom stereocenters. The maximum atomic E-state index is 6.16. The third kappa shape index (κ3) is 2.73. The van der Waals surface area contributed by atoms with Crippen molar-refractivity contribution in [3.8, 4) is 5.75 Å². The van der Waals surface area contributed by atoms with Crippen molar-refractivity contribution in [1.29, 1.82) is 0 Å². The molecule has 0 aromatic heterocycles. The smallest absolute Gasteiger partial charge is 0.120 e. The highest BCUT2D eigenvalue weighted by atomic mass is 79.9. The minimum Gasteiger partial charge on any atom is -0.497 e. The van der Waals surface area contributed by atoms with Gasteiger partial charge in [-0.1, -0.05) is 34.8 Å². The van der Waals surface area contributed by atoms with Gasteiger partial charge in [0.25, 0.3) is 0 Å². The van der Waals surface area contributed by atoms with Gasteiger partial charge in [-0.2, -0.15) is 0 Å². The van der Waals surface area contributed by atoms with E-state index in [0.29, 0.717) is 0 Å². The van der Waals surface area contributed by atoms with Crippen LogP contribution in [0.15, 0.2) is 22.7 Å². The summed E-state index contributed by atoms with van der Waals surface area (Å²) in [5.41, 5.74) is 7.34. The quantitative estimate of drug-likeness (QED) is 0.911. The minimum absolute atomic E-state index is 0.151. The Balaban J connectivity index is 2.11. The summed E-state index contributed by atoms with van der Waals surface area (Å²) in [7, 11) is 1.67. The molecule has 0 heterocycles. The maximum absolute atomic E-state index is 6.16. The van der Waals surface area contributed by atoms with E-state index in [0.717, 1.165) is 22.6 Å². The first-order chi connectivity index (χ1) is 7.20. The van der Waals surface area contributed by atoms with Crippen LogP contribution in [0.2, 0.25) is 0 Å². The molecule has 2 rings (SSSR count). The molecule has 2 N–H and O–H groups in total. The Hall–Kier alpha value is -0.540. The molecule has 1 saturated carbocycles. The fourth-order valence-corrected chi connectivity index (χ4v) is 2.43. The summed E-state index contributed by atoms with van der Waals surface area (Å²) in [6.45, 7) is 0. The predicted molar refractivity (Wildman–Crippen MR) is 65.0 cm³/mol. The first-order valence-corrected chi connectivity index (χ1v) is 6.09. The minimum atomic E-state index is 0.151. The largest absolute Gasteiger partial charge is 0.497 e. The molecule has 1 unspecified atom stereocenters. The molecular formula is C12H16BrNO. The average molecular weight is 270 g/mol. The van der Waals surface area contributed by atoms with Gasteiger partial charge >= 0.3 is 0 Å². The van der Waals surface area contributed by atoms with Gasteiger partial charge in [-0.3, -0.25) is 0 Å². The lowest BCUT2D eigenvalue weighted by Gasteiger charge is -2.14. The molecule has 0 bridgehead atoms. The van der Waals surface area contributed by atoms with Gasteiger partial charge in [0, 0.05) is 10.5 Å². The Kier molecular flexibility index (Phi) is 3.32. The van der Waals surface area contributed by atoms with Crippen LogP contribution in [0, 0.1) is 5.92 Å². The van der Waals surface area contributed by atoms with Crippen LogP contribution >= 0.6 is 15.9 Å². The number of ether oxygens (including phenoxy) is 1. The van der Waals surface area contributed by atoms with Gasteiger partial charge in [-0.15, -0.1) is 0 Å². The molecule has 0 saturated heterocycles. The van der Waals surface area contributed by atoms with Crippen LogP contribution in [-0.2, 0) is 0 Å². The monoisotopic (exact) mass is 269 g/mol. The van der Waals surface area contributed by atoms with Crippen LogP contribution in [0.3, 0.4) is 0 Å². The zero-order chi connectivity index (χ0) is 10.8. The lowest BCUT2D eigenvalue weighted by Crippen LogP contribution is -2.11. The van der Waals surface area contributed by atoms with E-state index >= 15 is 0 Å². The van der Waals surface area contributed by atoms with E-state index in [9.17, 15) is 0 Å². The van der Waals surface area contributed by atoms with E-state index < -0.39 is 0 Å². The van der Waals surface area contributed by atoms with E-state index in [4.69, 9.17) is 10.5 Å². The fourth-order valence-electron chi connectivity index (χ4n) is 1.78. The predicted octanol–water partition coefficient (Wildman–Crippen LogP) is 3.26. The second-order valence-electron chi connectivity index (χ2n) is 4.17. The summed E-state index contributed by atoms with van der Waals surface area (Å²) in [6, 6.07) is 6.14. The van der Waals surface area contributed by atoms with Crippen LogP contribution in [0.5, 0.6) is 5.75 Å². The highest BCUT2D eigenvalue weighted by molar-refractivity contribution is 9.10. The summed E-state index contributed by atoms with van der Waals surface area (Å²) in [4.78, 5) is 0. The van der Waals surface area contributed by atoms with Crippen molar-refractivity contribution in [1.82, 2.24) is 0 Å². The molecule has 1 fully saturated rings. The number of rotatable bonds is 4. The van der Waals surface area contributed by atoms with Crippen molar-refractivity contribution < 1.29 is 4.74 Å². The summed E-state index contributed by atoms with van der Waals surface area (Å²) >= 11 is 3.54. The number of hydrogen-bond acceptors (Lipinski definition) is 2. The topological polar surface area (TPSA) is 35.2 Å². The highest BCUT2D eigenvalue weighted by Gasteiger charge is 2.25. The normalized spacial score (nSPS) is 17.5. The van der Waals surface area contributed by atoms with Crippen LogP contribution in [0.25, 0.3) is 0 Å². The third-order valence-corrected chi connectivity index (χ3v) is 3.58. The van der Waals surface area contributed by atoms with Crippen LogP contribution in [0.4, 0.5) is 0 Å². The van der Waals surface area contributed by atoms with Crippen LogP contribution in [0.1, 0.15) is 30.9 Å². The van der Waals surface area contributed by atoms with Crippen LogP contribution < -0.4 is 10.5 Å². The van der Waals surface area contributed by atoms with Crippen molar-refractivity contribution in [2.75, 3.05) is 7.11 Å². The van der Waals surface area contributed by atoms with Gasteiger partial charge in [0.05, 0.1) is 7.11 Å². The van der Waals surface area contributed by atoms with E-state index in [-0.39, 0.29) is 6.04 Å². The van der Waals surface area contributed by atoms with Gasteiger partial charge < -0.3 is 10.5 Å². The van der Waals surface area contributed by atoms with E-state index in [1.807, 2.05) is 12.1 Å². The lowest BCUT2D eigenvalue weighted by atomic mass is 10.0. The van der Waals surface area contributed by atoms with Gasteiger partial charge in [-0.05, 0) is 30.0 Å². The van der Waals surface area contributed by atoms with Crippen molar-refractivity contribution >= 4 is 15.9 Å². The van der Waals surface area contributed by atoms with Crippen LogP contribution in [-0.4, -0.2) is 7.11 Å². The molecule has 0 radical (unpaired) electrons. The highest BCUT2D eigenvalue weighted by Crippen LogP contribution is 2.38. The van der Waals surface area contributed by atoms with Gasteiger partial charge in [0.15, 0.2) is 0 Å². The number of methoxy groups -OCH3 is 1. The molecule has 1 aliphatic rings. The maximum Gasteiger partial charge on any atom is 0.120 e. The molecule has 1 aromatic rings. The van der Waals surface area contributed by atoms with E-state index in [1.165, 1.54) is 18.4 Å². The summed E-state index contributed by atoms with van der Waals surface area (Å²) in [5, 5.41) is 0. The number of hydrogen-bond donors (Lipinski definition) is 1. The van der Waals surface area contributed by atoms with E-state index in [1.54, 1.807) is 7.11 Å². The summed E-state index contributed by atoms with van der Waals surface area (Å²) in [5.74, 6) is 1.72. The van der Waals surface area contributed by atoms with Crippen molar-refractivity contribution in [3.05, 3.63) is 28.2 Å². The van der Waals surface area contributed by atoms with Gasteiger partial charge in [-0.25, -0.2) is 0 Å². The Bertz CT molecular complexity index is 349. The van der Waals surface area contributed by atoms with Gasteiger partial charge in [0.1, 0.15) is 5.75 Å². The first kappa shape index (κ1) is 11.0. The summed E-state index contributed by atoms with van der Waals surface area (Å²) < 4.78 is 6.20. The molecule has 1 aliphatic carbocycles. The second-order valence-corrected chi connectivity index (χ2v) is 5.03. The molecule has 3 heteroatoms. The number of benzene rings is 1. The molecule has 0 spiro atoms. The SMILES string of the molecule is COc1ccc(C(N)CC2CC2)c(Br)c1. The van der Waals surface area contributed by atoms with Crippen molar-refractivity contribution in [2.24, 2.45) is 11.7 Å². The molecule has 82 valence electrons. The lowest BCUT2D eigenvalue weighted by molar-refractivity contribution is 0.414. The second kappa shape index (κ2) is 4.54. The Labute approximate surface area is 98.9 Å². The fraction of sp³-hybridized carbons (Fsp3) is 0.500. The molecule has 2 nitrogen and oxygen atoms in total. The number of nitrogens with two attached hydrogens (primary N) is 1. The molecule has 15 heavy (non-hydrogen) atoms. The number of halogens is 1. The third-order valence-electron chi connectivity index (χ3n) is 2.89. The zero-order valence-corrected chi connectivity index (χ0v) is 10.5. The van der Waals surface area contributed by atoms with E-state index in [2.05, 4.69) is 22.0 Å². The Morgan fingerprint density at radius 3 is 2.80 bits per heavy atom. The standard InChI is InChI=1S/C12H16BrNO/c1-15-9-4-5-10(11(13)7-9)12(14)6-8-2-3-8/h4-5,7-8,12H,2-3,6,14H2,1H3. The Morgan fingerprint density at radius 1 is 1.53 bits per heavy atom. The Morgan fingerprint density at radius 2 is 2.27 bits per heavy atom. The van der Waals surface area contributed by atoms with Crippen molar-refractivity contribution in [2.45, 2.75) is 25.3 Å². The van der Waals surface area contributed by atoms with Gasteiger partial charge in [0.2, 0.25) is 0 Å². The molecule has 0 aliphatic heterocycles. The van der Waals surface area contributed by atoms with Crippen molar-refractivity contribution in [3.63, 3.8) is 0 Å².